The van der Waals surface area contributed by atoms with Crippen molar-refractivity contribution in [1.29, 1.82) is 0 Å². The molecule has 0 aliphatic carbocycles. The molecule has 1 aliphatic rings. The van der Waals surface area contributed by atoms with Gasteiger partial charge in [0.25, 0.3) is 5.89 Å². The molecule has 2 aromatic heterocycles. The normalized spacial score (nSPS) is 16.3. The molecule has 1 unspecified atom stereocenters. The van der Waals surface area contributed by atoms with Crippen LogP contribution in [0, 0.1) is 0 Å². The second-order valence-corrected chi connectivity index (χ2v) is 9.37. The Kier molecular flexibility index (Phi) is 5.93. The number of rotatable bonds is 5. The van der Waals surface area contributed by atoms with E-state index in [1.54, 1.807) is 23.1 Å². The highest BCUT2D eigenvalue weighted by Gasteiger charge is 2.35. The molecule has 2 amide bonds. The van der Waals surface area contributed by atoms with Gasteiger partial charge in [0.2, 0.25) is 5.82 Å². The quantitative estimate of drug-likeness (QED) is 0.329. The summed E-state index contributed by atoms with van der Waals surface area (Å²) in [6.07, 6.45) is 0. The number of thiophene rings is 1. The summed E-state index contributed by atoms with van der Waals surface area (Å²) >= 11 is 13.8. The SMILES string of the molecule is CC1=C(c2nc(-c3cccs3)no2)C(c2ccc(Cl)cc2)NC(=O)N1Cc1cccc(Cl)c1. The second-order valence-electron chi connectivity index (χ2n) is 7.55. The Morgan fingerprint density at radius 3 is 2.64 bits per heavy atom. The molecule has 1 N–H and O–H groups in total. The summed E-state index contributed by atoms with van der Waals surface area (Å²) in [5, 5.41) is 10.4. The molecule has 0 saturated carbocycles. The molecule has 6 nitrogen and oxygen atoms in total. The van der Waals surface area contributed by atoms with Gasteiger partial charge in [-0.3, -0.25) is 4.90 Å². The topological polar surface area (TPSA) is 71.3 Å². The molecule has 2 aromatic carbocycles. The van der Waals surface area contributed by atoms with E-state index in [0.29, 0.717) is 28.3 Å². The Labute approximate surface area is 204 Å². The van der Waals surface area contributed by atoms with Crippen LogP contribution in [0.2, 0.25) is 10.0 Å². The predicted octanol–water partition coefficient (Wildman–Crippen LogP) is 6.80. The van der Waals surface area contributed by atoms with Crippen LogP contribution in [0.15, 0.2) is 76.3 Å². The van der Waals surface area contributed by atoms with Crippen LogP contribution in [-0.2, 0) is 6.54 Å². The van der Waals surface area contributed by atoms with Crippen molar-refractivity contribution in [3.63, 3.8) is 0 Å². The average Bonchev–Trinajstić information content (AvgIpc) is 3.49. The van der Waals surface area contributed by atoms with E-state index >= 15 is 0 Å². The molecular formula is C24H18Cl2N4O2S. The smallest absolute Gasteiger partial charge is 0.322 e. The fourth-order valence-corrected chi connectivity index (χ4v) is 4.80. The van der Waals surface area contributed by atoms with E-state index in [9.17, 15) is 4.79 Å². The Morgan fingerprint density at radius 1 is 1.09 bits per heavy atom. The molecule has 1 aliphatic heterocycles. The molecule has 33 heavy (non-hydrogen) atoms. The first-order chi connectivity index (χ1) is 16.0. The number of aromatic nitrogens is 2. The van der Waals surface area contributed by atoms with Gasteiger partial charge in [-0.15, -0.1) is 11.3 Å². The Balaban J connectivity index is 1.60. The van der Waals surface area contributed by atoms with E-state index in [1.165, 1.54) is 11.3 Å². The number of nitrogens with one attached hydrogen (secondary N) is 1. The van der Waals surface area contributed by atoms with Crippen LogP contribution in [0.1, 0.15) is 30.0 Å². The first kappa shape index (κ1) is 21.7. The molecule has 3 heterocycles. The standard InChI is InChI=1S/C24H18Cl2N4O2S/c1-14-20(23-28-22(29-32-23)19-6-3-11-33-19)21(16-7-9-17(25)10-8-16)27-24(31)30(14)13-15-4-2-5-18(26)12-15/h2-12,21H,13H2,1H3,(H,27,31). The van der Waals surface area contributed by atoms with Crippen molar-refractivity contribution >= 4 is 46.1 Å². The van der Waals surface area contributed by atoms with Crippen LogP contribution in [0.4, 0.5) is 4.79 Å². The minimum atomic E-state index is -0.470. The summed E-state index contributed by atoms with van der Waals surface area (Å²) in [5.41, 5.74) is 3.22. The highest BCUT2D eigenvalue weighted by Crippen LogP contribution is 2.38. The van der Waals surface area contributed by atoms with E-state index in [0.717, 1.165) is 27.3 Å². The van der Waals surface area contributed by atoms with E-state index in [4.69, 9.17) is 27.7 Å². The first-order valence-electron chi connectivity index (χ1n) is 10.2. The number of nitrogens with zero attached hydrogens (tertiary/aromatic N) is 3. The number of amides is 2. The molecule has 166 valence electrons. The number of urea groups is 1. The molecule has 0 fully saturated rings. The molecule has 0 radical (unpaired) electrons. The van der Waals surface area contributed by atoms with Gasteiger partial charge < -0.3 is 9.84 Å². The third-order valence-corrected chi connectivity index (χ3v) is 6.78. The van der Waals surface area contributed by atoms with Crippen LogP contribution < -0.4 is 5.32 Å². The van der Waals surface area contributed by atoms with E-state index in [2.05, 4.69) is 15.5 Å². The van der Waals surface area contributed by atoms with Crippen molar-refractivity contribution in [2.24, 2.45) is 0 Å². The zero-order valence-electron chi connectivity index (χ0n) is 17.5. The molecule has 1 atom stereocenters. The van der Waals surface area contributed by atoms with Crippen LogP contribution >= 0.6 is 34.5 Å². The van der Waals surface area contributed by atoms with Crippen molar-refractivity contribution in [3.8, 4) is 10.7 Å². The third kappa shape index (κ3) is 4.39. The molecular weight excluding hydrogens is 479 g/mol. The zero-order chi connectivity index (χ0) is 22.9. The van der Waals surface area contributed by atoms with Gasteiger partial charge in [0, 0.05) is 15.7 Å². The van der Waals surface area contributed by atoms with Crippen LogP contribution in [0.5, 0.6) is 0 Å². The minimum Gasteiger partial charge on any atom is -0.334 e. The van der Waals surface area contributed by atoms with Gasteiger partial charge in [0.1, 0.15) is 0 Å². The van der Waals surface area contributed by atoms with Crippen molar-refractivity contribution in [2.45, 2.75) is 19.5 Å². The van der Waals surface area contributed by atoms with Crippen molar-refractivity contribution < 1.29 is 9.32 Å². The highest BCUT2D eigenvalue weighted by molar-refractivity contribution is 7.13. The highest BCUT2D eigenvalue weighted by atomic mass is 35.5. The van der Waals surface area contributed by atoms with Gasteiger partial charge in [-0.05, 0) is 53.8 Å². The Hall–Kier alpha value is -3.13. The van der Waals surface area contributed by atoms with Crippen molar-refractivity contribution in [1.82, 2.24) is 20.4 Å². The maximum Gasteiger partial charge on any atom is 0.322 e. The maximum atomic E-state index is 13.2. The van der Waals surface area contributed by atoms with Gasteiger partial charge in [-0.2, -0.15) is 4.98 Å². The number of halogens is 2. The zero-order valence-corrected chi connectivity index (χ0v) is 19.8. The second kappa shape index (κ2) is 9.02. The molecule has 0 bridgehead atoms. The van der Waals surface area contributed by atoms with Crippen LogP contribution in [0.3, 0.4) is 0 Å². The Morgan fingerprint density at radius 2 is 1.91 bits per heavy atom. The summed E-state index contributed by atoms with van der Waals surface area (Å²) in [4.78, 5) is 20.4. The summed E-state index contributed by atoms with van der Waals surface area (Å²) in [5.74, 6) is 0.861. The van der Waals surface area contributed by atoms with Gasteiger partial charge in [-0.25, -0.2) is 4.79 Å². The fourth-order valence-electron chi connectivity index (χ4n) is 3.81. The van der Waals surface area contributed by atoms with Gasteiger partial charge in [0.05, 0.1) is 23.0 Å². The number of hydrogen-bond acceptors (Lipinski definition) is 5. The summed E-state index contributed by atoms with van der Waals surface area (Å²) < 4.78 is 5.69. The van der Waals surface area contributed by atoms with Crippen molar-refractivity contribution in [3.05, 3.63) is 98.8 Å². The van der Waals surface area contributed by atoms with Crippen LogP contribution in [-0.4, -0.2) is 21.1 Å². The summed E-state index contributed by atoms with van der Waals surface area (Å²) in [6.45, 7) is 2.23. The van der Waals surface area contributed by atoms with Gasteiger partial charge in [-0.1, -0.05) is 58.7 Å². The number of carbonyl (C=O) groups excluding carboxylic acids is 1. The third-order valence-electron chi connectivity index (χ3n) is 5.43. The van der Waals surface area contributed by atoms with Crippen molar-refractivity contribution in [2.75, 3.05) is 0 Å². The molecule has 9 heteroatoms. The summed E-state index contributed by atoms with van der Waals surface area (Å²) in [7, 11) is 0. The average molecular weight is 497 g/mol. The Bertz CT molecular complexity index is 1330. The number of hydrogen-bond donors (Lipinski definition) is 1. The lowest BCUT2D eigenvalue weighted by atomic mass is 9.94. The van der Waals surface area contributed by atoms with E-state index < -0.39 is 6.04 Å². The van der Waals surface area contributed by atoms with E-state index in [-0.39, 0.29) is 6.03 Å². The monoisotopic (exact) mass is 496 g/mol. The lowest BCUT2D eigenvalue weighted by Crippen LogP contribution is -2.45. The largest absolute Gasteiger partial charge is 0.334 e. The molecule has 5 rings (SSSR count). The first-order valence-corrected chi connectivity index (χ1v) is 11.8. The lowest BCUT2D eigenvalue weighted by molar-refractivity contribution is 0.203. The predicted molar refractivity (Wildman–Crippen MR) is 130 cm³/mol. The van der Waals surface area contributed by atoms with Gasteiger partial charge in [0.15, 0.2) is 0 Å². The molecule has 4 aromatic rings. The van der Waals surface area contributed by atoms with Crippen LogP contribution in [0.25, 0.3) is 16.3 Å². The number of allylic oxidation sites excluding steroid dienone is 1. The number of benzene rings is 2. The number of carbonyl (C=O) groups is 1. The minimum absolute atomic E-state index is 0.228. The molecule has 0 spiro atoms. The summed E-state index contributed by atoms with van der Waals surface area (Å²) in [6, 6.07) is 17.9. The fraction of sp³-hybridized carbons (Fsp3) is 0.125. The van der Waals surface area contributed by atoms with E-state index in [1.807, 2.05) is 54.8 Å². The molecule has 0 saturated heterocycles. The van der Waals surface area contributed by atoms with Gasteiger partial charge >= 0.3 is 6.03 Å². The lowest BCUT2D eigenvalue weighted by Gasteiger charge is -2.35. The maximum absolute atomic E-state index is 13.2.